The molecule has 0 unspecified atom stereocenters. The Hall–Kier alpha value is -5.68. The number of ether oxygens (including phenoxy) is 2. The smallest absolute Gasteiger partial charge is 0.252 e. The van der Waals surface area contributed by atoms with Crippen LogP contribution in [-0.4, -0.2) is 10.5 Å². The fourth-order valence-corrected chi connectivity index (χ4v) is 4.69. The third-order valence-electron chi connectivity index (χ3n) is 7.25. The molecular formula is C44H36Cl2O4. The minimum absolute atomic E-state index is 0.346. The van der Waals surface area contributed by atoms with Crippen molar-refractivity contribution in [3.8, 4) is 23.0 Å². The molecule has 0 bridgehead atoms. The monoisotopic (exact) mass is 698 g/mol. The Morgan fingerprint density at radius 2 is 0.740 bits per heavy atom. The summed E-state index contributed by atoms with van der Waals surface area (Å²) in [5.74, 6) is 3.40. The topological polar surface area (TPSA) is 52.6 Å². The largest absolute Gasteiger partial charge is 0.457 e. The summed E-state index contributed by atoms with van der Waals surface area (Å²) in [4.78, 5) is 21.1. The average molecular weight is 700 g/mol. The Labute approximate surface area is 303 Å². The number of halogens is 2. The van der Waals surface area contributed by atoms with Gasteiger partial charge in [-0.15, -0.1) is 0 Å². The standard InChI is InChI=1S/C24H22O.C12H10O.C8H4Cl2O2/c1-17(2)20-7-9-21(10-8-20)19(4)22-11-15-24(16-12-22)25-23-13-5-18(3)6-14-23;1-3-7-11(8-4-1)13-12-9-5-2-6-10-12;9-7(11)5-1-2-6(4-3-5)8(10)12/h5-16H,1,4H2,2-3H3;1-10H;1-4H. The number of hydrogen-bond acceptors (Lipinski definition) is 4. The molecule has 6 aromatic carbocycles. The first-order chi connectivity index (χ1) is 24.1. The molecule has 4 nitrogen and oxygen atoms in total. The SMILES string of the molecule is C=C(C)c1ccc(C(=C)c2ccc(Oc3ccc(C)cc3)cc2)cc1.O=C(Cl)c1ccc(C(=O)Cl)cc1.c1ccc(Oc2ccccc2)cc1. The van der Waals surface area contributed by atoms with Crippen molar-refractivity contribution in [2.45, 2.75) is 13.8 Å². The highest BCUT2D eigenvalue weighted by molar-refractivity contribution is 6.68. The van der Waals surface area contributed by atoms with Gasteiger partial charge < -0.3 is 9.47 Å². The number of benzene rings is 6. The van der Waals surface area contributed by atoms with E-state index in [0.29, 0.717) is 11.1 Å². The van der Waals surface area contributed by atoms with Gasteiger partial charge in [-0.2, -0.15) is 0 Å². The van der Waals surface area contributed by atoms with Crippen molar-refractivity contribution in [2.75, 3.05) is 0 Å². The Morgan fingerprint density at radius 1 is 0.440 bits per heavy atom. The second-order valence-corrected chi connectivity index (χ2v) is 11.8. The van der Waals surface area contributed by atoms with Crippen LogP contribution in [0.15, 0.2) is 171 Å². The number of allylic oxidation sites excluding steroid dienone is 1. The lowest BCUT2D eigenvalue weighted by molar-refractivity contribution is 0.107. The molecule has 0 saturated heterocycles. The van der Waals surface area contributed by atoms with Crippen LogP contribution in [-0.2, 0) is 0 Å². The van der Waals surface area contributed by atoms with Crippen LogP contribution in [0.5, 0.6) is 23.0 Å². The molecule has 6 rings (SSSR count). The average Bonchev–Trinajstić information content (AvgIpc) is 3.14. The summed E-state index contributed by atoms with van der Waals surface area (Å²) in [5, 5.41) is -1.10. The Balaban J connectivity index is 0.000000188. The normalized spacial score (nSPS) is 9.92. The molecule has 0 heterocycles. The molecule has 0 aliphatic rings. The van der Waals surface area contributed by atoms with Crippen LogP contribution < -0.4 is 9.47 Å². The fourth-order valence-electron chi connectivity index (χ4n) is 4.43. The molecule has 250 valence electrons. The van der Waals surface area contributed by atoms with Crippen LogP contribution in [0.2, 0.25) is 0 Å². The van der Waals surface area contributed by atoms with E-state index in [1.807, 2.05) is 116 Å². The lowest BCUT2D eigenvalue weighted by Crippen LogP contribution is -1.92. The maximum absolute atomic E-state index is 10.6. The maximum atomic E-state index is 10.6. The van der Waals surface area contributed by atoms with Gasteiger partial charge in [-0.3, -0.25) is 9.59 Å². The van der Waals surface area contributed by atoms with Gasteiger partial charge in [0.25, 0.3) is 10.5 Å². The summed E-state index contributed by atoms with van der Waals surface area (Å²) < 4.78 is 11.5. The van der Waals surface area contributed by atoms with Crippen LogP contribution >= 0.6 is 23.2 Å². The summed E-state index contributed by atoms with van der Waals surface area (Å²) >= 11 is 10.4. The van der Waals surface area contributed by atoms with E-state index in [2.05, 4.69) is 44.3 Å². The van der Waals surface area contributed by atoms with E-state index in [4.69, 9.17) is 32.7 Å². The van der Waals surface area contributed by atoms with Crippen molar-refractivity contribution in [1.82, 2.24) is 0 Å². The van der Waals surface area contributed by atoms with Crippen molar-refractivity contribution in [1.29, 1.82) is 0 Å². The number of para-hydroxylation sites is 2. The van der Waals surface area contributed by atoms with Crippen molar-refractivity contribution in [3.63, 3.8) is 0 Å². The molecule has 0 aliphatic heterocycles. The summed E-state index contributed by atoms with van der Waals surface area (Å²) in [7, 11) is 0. The van der Waals surface area contributed by atoms with Gasteiger partial charge in [0.2, 0.25) is 0 Å². The van der Waals surface area contributed by atoms with Crippen LogP contribution in [0.25, 0.3) is 11.1 Å². The summed E-state index contributed by atoms with van der Waals surface area (Å²) in [6, 6.07) is 49.7. The predicted molar refractivity (Wildman–Crippen MR) is 207 cm³/mol. The highest BCUT2D eigenvalue weighted by atomic mass is 35.5. The van der Waals surface area contributed by atoms with Crippen LogP contribution in [0.4, 0.5) is 0 Å². The highest BCUT2D eigenvalue weighted by Crippen LogP contribution is 2.27. The molecule has 0 N–H and O–H groups in total. The first kappa shape index (κ1) is 37.1. The van der Waals surface area contributed by atoms with E-state index >= 15 is 0 Å². The molecule has 6 aromatic rings. The third kappa shape index (κ3) is 11.8. The molecule has 0 aliphatic carbocycles. The van der Waals surface area contributed by atoms with E-state index in [-0.39, 0.29) is 0 Å². The van der Waals surface area contributed by atoms with Crippen LogP contribution in [0, 0.1) is 6.92 Å². The second kappa shape index (κ2) is 18.8. The van der Waals surface area contributed by atoms with Gasteiger partial charge in [0.05, 0.1) is 0 Å². The Bertz CT molecular complexity index is 1930. The first-order valence-corrected chi connectivity index (χ1v) is 16.4. The van der Waals surface area contributed by atoms with Crippen LogP contribution in [0.1, 0.15) is 49.9 Å². The van der Waals surface area contributed by atoms with Crippen LogP contribution in [0.3, 0.4) is 0 Å². The number of carbonyl (C=O) groups excluding carboxylic acids is 2. The maximum Gasteiger partial charge on any atom is 0.252 e. The predicted octanol–water partition coefficient (Wildman–Crippen LogP) is 12.8. The molecule has 0 saturated carbocycles. The van der Waals surface area contributed by atoms with Gasteiger partial charge in [-0.05, 0) is 132 Å². The van der Waals surface area contributed by atoms with E-state index < -0.39 is 10.5 Å². The summed E-state index contributed by atoms with van der Waals surface area (Å²) in [6.07, 6.45) is 0. The van der Waals surface area contributed by atoms with Gasteiger partial charge in [-0.25, -0.2) is 0 Å². The minimum atomic E-state index is -0.552. The van der Waals surface area contributed by atoms with Gasteiger partial charge in [0.15, 0.2) is 0 Å². The summed E-state index contributed by atoms with van der Waals surface area (Å²) in [5.41, 5.74) is 7.31. The van der Waals surface area contributed by atoms with E-state index in [1.165, 1.54) is 29.8 Å². The molecule has 0 fully saturated rings. The molecule has 0 radical (unpaired) electrons. The molecular weight excluding hydrogens is 663 g/mol. The fraction of sp³-hybridized carbons (Fsp3) is 0.0455. The van der Waals surface area contributed by atoms with E-state index in [1.54, 1.807) is 0 Å². The van der Waals surface area contributed by atoms with Gasteiger partial charge in [-0.1, -0.05) is 109 Å². The van der Waals surface area contributed by atoms with Crippen molar-refractivity contribution >= 4 is 44.8 Å². The zero-order valence-electron chi connectivity index (χ0n) is 27.8. The molecule has 0 spiro atoms. The summed E-state index contributed by atoms with van der Waals surface area (Å²) in [6.45, 7) is 12.3. The number of carbonyl (C=O) groups is 2. The number of rotatable bonds is 9. The first-order valence-electron chi connectivity index (χ1n) is 15.7. The van der Waals surface area contributed by atoms with Gasteiger partial charge in [0, 0.05) is 11.1 Å². The molecule has 0 aromatic heterocycles. The lowest BCUT2D eigenvalue weighted by Gasteiger charge is -2.10. The number of hydrogen-bond donors (Lipinski definition) is 0. The van der Waals surface area contributed by atoms with E-state index in [9.17, 15) is 9.59 Å². The van der Waals surface area contributed by atoms with Crippen molar-refractivity contribution in [3.05, 3.63) is 204 Å². The highest BCUT2D eigenvalue weighted by Gasteiger charge is 2.06. The minimum Gasteiger partial charge on any atom is -0.457 e. The zero-order valence-corrected chi connectivity index (χ0v) is 29.3. The Kier molecular flexibility index (Phi) is 13.9. The number of aryl methyl sites for hydroxylation is 1. The van der Waals surface area contributed by atoms with Crippen molar-refractivity contribution in [2.24, 2.45) is 0 Å². The van der Waals surface area contributed by atoms with Gasteiger partial charge in [0.1, 0.15) is 23.0 Å². The van der Waals surface area contributed by atoms with Crippen molar-refractivity contribution < 1.29 is 19.1 Å². The van der Waals surface area contributed by atoms with E-state index in [0.717, 1.165) is 50.8 Å². The molecule has 50 heavy (non-hydrogen) atoms. The zero-order chi connectivity index (χ0) is 35.9. The molecule has 6 heteroatoms. The molecule has 0 atom stereocenters. The quantitative estimate of drug-likeness (QED) is 0.141. The Morgan fingerprint density at radius 3 is 1.10 bits per heavy atom. The second-order valence-electron chi connectivity index (χ2n) is 11.1. The lowest BCUT2D eigenvalue weighted by atomic mass is 9.97. The third-order valence-corrected chi connectivity index (χ3v) is 7.68. The van der Waals surface area contributed by atoms with Gasteiger partial charge >= 0.3 is 0 Å². The molecule has 0 amide bonds.